The molecule has 102 heavy (non-hydrogen) atoms. The highest BCUT2D eigenvalue weighted by Gasteiger charge is 2.48. The number of carbonyl (C=O) groups excluding carboxylic acids is 14. The number of benzene rings is 2. The van der Waals surface area contributed by atoms with Crippen LogP contribution < -0.4 is 30.7 Å². The molecule has 4 aromatic rings. The molecular formula is C64H78N14O24. The zero-order valence-corrected chi connectivity index (χ0v) is 57.5. The van der Waals surface area contributed by atoms with Crippen LogP contribution in [0, 0.1) is 0 Å². The van der Waals surface area contributed by atoms with Gasteiger partial charge in [-0.15, -0.1) is 0 Å². The van der Waals surface area contributed by atoms with Crippen molar-refractivity contribution in [3.05, 3.63) is 59.9 Å². The number of methoxy groups -OCH3 is 2. The van der Waals surface area contributed by atoms with Crippen LogP contribution in [-0.4, -0.2) is 297 Å². The van der Waals surface area contributed by atoms with Gasteiger partial charge in [-0.2, -0.15) is 10.2 Å². The van der Waals surface area contributed by atoms with Gasteiger partial charge >= 0.3 is 23.9 Å². The van der Waals surface area contributed by atoms with Gasteiger partial charge in [0.25, 0.3) is 23.6 Å². The van der Waals surface area contributed by atoms with Crippen molar-refractivity contribution in [2.75, 3.05) is 81.8 Å². The lowest BCUT2D eigenvalue weighted by molar-refractivity contribution is -0.167. The van der Waals surface area contributed by atoms with E-state index in [4.69, 9.17) is 28.4 Å². The third-order valence-electron chi connectivity index (χ3n) is 16.1. The molecule has 10 amide bonds. The van der Waals surface area contributed by atoms with Gasteiger partial charge in [-0.3, -0.25) is 57.5 Å². The fourth-order valence-electron chi connectivity index (χ4n) is 11.0. The van der Waals surface area contributed by atoms with E-state index in [9.17, 15) is 78.0 Å². The smallest absolute Gasteiger partial charge is 0.331 e. The summed E-state index contributed by atoms with van der Waals surface area (Å²) in [5, 5.41) is 64.1. The number of fused-ring (bicyclic) bond motifs is 4. The number of pyridine rings is 2. The molecular weight excluding hydrogens is 1350 g/mol. The highest BCUT2D eigenvalue weighted by atomic mass is 16.6. The second-order valence-corrected chi connectivity index (χ2v) is 24.8. The van der Waals surface area contributed by atoms with E-state index < -0.39 is 205 Å². The van der Waals surface area contributed by atoms with Crippen molar-refractivity contribution >= 4 is 117 Å². The average Bonchev–Trinajstić information content (AvgIpc) is 0.825. The van der Waals surface area contributed by atoms with E-state index >= 15 is 9.59 Å². The average molecular weight is 1430 g/mol. The van der Waals surface area contributed by atoms with Crippen molar-refractivity contribution in [1.82, 2.24) is 60.9 Å². The predicted molar refractivity (Wildman–Crippen MR) is 350 cm³/mol. The number of aromatic hydroxyl groups is 2. The van der Waals surface area contributed by atoms with Crippen molar-refractivity contribution in [1.29, 1.82) is 0 Å². The number of carbonyl (C=O) groups is 14. The summed E-state index contributed by atoms with van der Waals surface area (Å²) in [5.74, 6) is -17.8. The van der Waals surface area contributed by atoms with Crippen molar-refractivity contribution in [2.24, 2.45) is 10.2 Å². The number of cyclic esters (lactones) is 2. The van der Waals surface area contributed by atoms with Crippen LogP contribution in [0.5, 0.6) is 23.0 Å². The highest BCUT2D eigenvalue weighted by molar-refractivity contribution is 6.04. The number of aromatic nitrogens is 2. The van der Waals surface area contributed by atoms with E-state index in [0.717, 1.165) is 104 Å². The normalized spacial score (nSPS) is 22.6. The maximum atomic E-state index is 15.1. The molecule has 5 heterocycles. The van der Waals surface area contributed by atoms with Gasteiger partial charge < -0.3 is 89.7 Å². The minimum absolute atomic E-state index is 0.137. The quantitative estimate of drug-likeness (QED) is 0.0566. The number of likely N-dealkylation sites (N-methyl/N-ethyl adjacent to an activating group) is 4. The van der Waals surface area contributed by atoms with Crippen LogP contribution in [0.3, 0.4) is 0 Å². The molecule has 3 aliphatic rings. The summed E-state index contributed by atoms with van der Waals surface area (Å²) in [6.45, 7) is 0.0139. The highest BCUT2D eigenvalue weighted by Crippen LogP contribution is 2.30. The molecule has 38 nitrogen and oxygen atoms in total. The Kier molecular flexibility index (Phi) is 24.8. The van der Waals surface area contributed by atoms with Crippen molar-refractivity contribution in [3.8, 4) is 23.0 Å². The molecule has 8 atom stereocenters. The number of hydrogen-bond donors (Lipinski definition) is 8. The van der Waals surface area contributed by atoms with Crippen LogP contribution in [0.1, 0.15) is 75.4 Å². The van der Waals surface area contributed by atoms with E-state index in [-0.39, 0.29) is 23.9 Å². The van der Waals surface area contributed by atoms with Gasteiger partial charge in [0.05, 0.1) is 62.6 Å². The molecule has 3 aliphatic heterocycles. The third kappa shape index (κ3) is 18.6. The van der Waals surface area contributed by atoms with E-state index in [2.05, 4.69) is 41.4 Å². The lowest BCUT2D eigenvalue weighted by Crippen LogP contribution is -2.62. The van der Waals surface area contributed by atoms with Crippen LogP contribution in [0.4, 0.5) is 0 Å². The van der Waals surface area contributed by atoms with E-state index in [0.29, 0.717) is 42.1 Å². The Balaban J connectivity index is 1.27. The Morgan fingerprint density at radius 1 is 0.549 bits per heavy atom. The molecule has 0 unspecified atom stereocenters. The SMILES string of the molecule is COc1ccc2nc(C(=O)N[C@H]3COC(=O)[C@@H](C(C)(C)O)N(C)C(=O)CN(C)C(=O)CNC(=O)[C@H]4[C@H](OC(C)=O)CC=NN4C(=O)[C@@H](NC(=O)c4nc5ccc(OC)cc5cc4O)COC(=O)[C@@H](C(C)(C)O)N(C)C(=O)CN(C)C(=O)CNC(=O)[C@H]4[C@H](OC(C)=O)CC=NN4C3=O)c(O)cc2c1. The van der Waals surface area contributed by atoms with Crippen LogP contribution in [-0.2, 0) is 76.5 Å². The maximum absolute atomic E-state index is 15.1. The van der Waals surface area contributed by atoms with E-state index in [1.165, 1.54) is 50.6 Å². The zero-order valence-electron chi connectivity index (χ0n) is 57.5. The number of amides is 10. The summed E-state index contributed by atoms with van der Waals surface area (Å²) in [6.07, 6.45) is -1.81. The topological polar surface area (TPSA) is 493 Å². The summed E-state index contributed by atoms with van der Waals surface area (Å²) in [4.78, 5) is 209. The molecule has 1 saturated heterocycles. The first-order valence-electron chi connectivity index (χ1n) is 31.2. The lowest BCUT2D eigenvalue weighted by atomic mass is 9.97. The monoisotopic (exact) mass is 1430 g/mol. The number of nitrogens with zero attached hydrogens (tertiary/aromatic N) is 10. The van der Waals surface area contributed by atoms with Crippen molar-refractivity contribution < 1.29 is 116 Å². The molecule has 8 N–H and O–H groups in total. The molecule has 0 saturated carbocycles. The molecule has 2 aromatic heterocycles. The molecule has 1 fully saturated rings. The number of esters is 4. The second-order valence-electron chi connectivity index (χ2n) is 24.8. The van der Waals surface area contributed by atoms with Crippen LogP contribution >= 0.6 is 0 Å². The fourth-order valence-corrected chi connectivity index (χ4v) is 11.0. The van der Waals surface area contributed by atoms with E-state index in [1.54, 1.807) is 0 Å². The zero-order chi connectivity index (χ0) is 75.6. The summed E-state index contributed by atoms with van der Waals surface area (Å²) in [6, 6.07) is -1.30. The van der Waals surface area contributed by atoms with Crippen molar-refractivity contribution in [3.63, 3.8) is 0 Å². The molecule has 0 spiro atoms. The summed E-state index contributed by atoms with van der Waals surface area (Å²) >= 11 is 0. The Morgan fingerprint density at radius 3 is 1.23 bits per heavy atom. The fraction of sp³-hybridized carbons (Fsp3) is 0.469. The molecule has 548 valence electrons. The van der Waals surface area contributed by atoms with Crippen molar-refractivity contribution in [2.45, 2.75) is 114 Å². The Hall–Kier alpha value is -11.7. The standard InChI is InChI=1S/C64H78N14O24/c1-31(79)101-43-17-19-67-77-51(43)57(89)65-25-45(83)73(7)27-47(85)75(9)54(64(5,6)96)62(94)100-30-40(72-56(88)50-42(82)24-34-22-36(98-12)14-16-38(34)70-50)60(92)78-52(44(18-20-68-78)102-32(2)80)58(90)66-26-46(84)74(8)28-48(86)76(10)53(63(3,4)95)61(93)99-29-39(59(77)91)71-55(87)49-41(81)23-33-21-35(97-11)13-15-37(33)69-49/h13-16,19-24,39-40,43-44,51-54,81-82,95-96H,17-18,25-30H2,1-12H3,(H,65,89)(H,66,90)(H,71,87)(H,72,88)/t39-,40-,43+,44+,51+,52+,53-,54-/m0/s1. The summed E-state index contributed by atoms with van der Waals surface area (Å²) in [5.41, 5.74) is -5.60. The first-order valence-corrected chi connectivity index (χ1v) is 31.2. The van der Waals surface area contributed by atoms with Crippen LogP contribution in [0.2, 0.25) is 0 Å². The lowest BCUT2D eigenvalue weighted by Gasteiger charge is -2.37. The molecule has 2 aromatic carbocycles. The largest absolute Gasteiger partial charge is 0.505 e. The first kappa shape index (κ1) is 77.6. The number of ether oxygens (including phenoxy) is 6. The van der Waals surface area contributed by atoms with Gasteiger partial charge in [-0.25, -0.2) is 29.6 Å². The summed E-state index contributed by atoms with van der Waals surface area (Å²) in [7, 11) is 7.00. The molecule has 38 heteroatoms. The van der Waals surface area contributed by atoms with E-state index in [1.807, 2.05) is 0 Å². The number of rotatable bonds is 10. The molecule has 0 radical (unpaired) electrons. The summed E-state index contributed by atoms with van der Waals surface area (Å²) < 4.78 is 32.6. The maximum Gasteiger partial charge on any atom is 0.331 e. The van der Waals surface area contributed by atoms with Gasteiger partial charge in [-0.05, 0) is 76.2 Å². The third-order valence-corrected chi connectivity index (χ3v) is 16.1. The van der Waals surface area contributed by atoms with Crippen LogP contribution in [0.25, 0.3) is 21.8 Å². The number of hydrazone groups is 2. The van der Waals surface area contributed by atoms with Gasteiger partial charge in [0.2, 0.25) is 35.4 Å². The second kappa shape index (κ2) is 32.5. The Morgan fingerprint density at radius 2 is 0.902 bits per heavy atom. The number of hydrogen-bond acceptors (Lipinski definition) is 28. The molecule has 0 aliphatic carbocycles. The Labute approximate surface area is 581 Å². The predicted octanol–water partition coefficient (Wildman–Crippen LogP) is -3.41. The minimum Gasteiger partial charge on any atom is -0.505 e. The van der Waals surface area contributed by atoms with Gasteiger partial charge in [0, 0.05) is 78.1 Å². The van der Waals surface area contributed by atoms with Gasteiger partial charge in [0.1, 0.15) is 60.5 Å². The number of aliphatic hydroxyl groups is 2. The first-order chi connectivity index (χ1) is 47.8. The Bertz CT molecular complexity index is 3800. The molecule has 7 rings (SSSR count). The molecule has 0 bridgehead atoms. The van der Waals surface area contributed by atoms with Crippen LogP contribution in [0.15, 0.2) is 58.7 Å². The minimum atomic E-state index is -2.25. The van der Waals surface area contributed by atoms with Gasteiger partial charge in [-0.1, -0.05) is 0 Å². The van der Waals surface area contributed by atoms with Gasteiger partial charge in [0.15, 0.2) is 35.6 Å². The number of nitrogens with one attached hydrogen (secondary N) is 4.